The van der Waals surface area contributed by atoms with Gasteiger partial charge in [0.15, 0.2) is 0 Å². The van der Waals surface area contributed by atoms with E-state index in [4.69, 9.17) is 4.74 Å². The molecule has 3 rings (SSSR count). The van der Waals surface area contributed by atoms with Gasteiger partial charge in [0, 0.05) is 6.04 Å². The van der Waals surface area contributed by atoms with Crippen LogP contribution in [0.2, 0.25) is 0 Å². The fourth-order valence-corrected chi connectivity index (χ4v) is 4.06. The van der Waals surface area contributed by atoms with Gasteiger partial charge in [-0.05, 0) is 62.3 Å². The Labute approximate surface area is 116 Å². The van der Waals surface area contributed by atoms with Crippen molar-refractivity contribution >= 4 is 0 Å². The van der Waals surface area contributed by atoms with Crippen LogP contribution >= 0.6 is 0 Å². The van der Waals surface area contributed by atoms with Crippen LogP contribution in [0.5, 0.6) is 5.75 Å². The highest BCUT2D eigenvalue weighted by atomic mass is 16.5. The fourth-order valence-electron chi connectivity index (χ4n) is 4.06. The van der Waals surface area contributed by atoms with Crippen molar-refractivity contribution in [3.63, 3.8) is 0 Å². The van der Waals surface area contributed by atoms with E-state index in [0.29, 0.717) is 6.04 Å². The van der Waals surface area contributed by atoms with Crippen molar-refractivity contribution in [2.24, 2.45) is 17.8 Å². The summed E-state index contributed by atoms with van der Waals surface area (Å²) in [6, 6.07) is 9.21. The summed E-state index contributed by atoms with van der Waals surface area (Å²) >= 11 is 0. The van der Waals surface area contributed by atoms with E-state index in [1.54, 1.807) is 0 Å². The van der Waals surface area contributed by atoms with Gasteiger partial charge in [-0.15, -0.1) is 0 Å². The van der Waals surface area contributed by atoms with Crippen molar-refractivity contribution in [3.8, 4) is 5.75 Å². The minimum Gasteiger partial charge on any atom is -0.494 e. The fraction of sp³-hybridized carbons (Fsp3) is 0.647. The highest BCUT2D eigenvalue weighted by Gasteiger charge is 2.53. The molecule has 2 aliphatic carbocycles. The Balaban J connectivity index is 1.71. The highest BCUT2D eigenvalue weighted by molar-refractivity contribution is 5.31. The Morgan fingerprint density at radius 2 is 1.79 bits per heavy atom. The standard InChI is InChI=1S/C17H25NO/c1-3-19-13-10-8-12(9-11-13)17(18-2)16-14-6-4-5-7-15(14)16/h8-11,14-18H,3-7H2,1-2H3. The molecule has 2 heteroatoms. The van der Waals surface area contributed by atoms with E-state index < -0.39 is 0 Å². The van der Waals surface area contributed by atoms with Crippen molar-refractivity contribution in [1.82, 2.24) is 5.32 Å². The summed E-state index contributed by atoms with van der Waals surface area (Å²) in [7, 11) is 2.10. The van der Waals surface area contributed by atoms with Crippen LogP contribution in [0.4, 0.5) is 0 Å². The number of hydrogen-bond acceptors (Lipinski definition) is 2. The van der Waals surface area contributed by atoms with E-state index in [-0.39, 0.29) is 0 Å². The molecule has 1 N–H and O–H groups in total. The molecule has 1 aromatic carbocycles. The Kier molecular flexibility index (Phi) is 3.79. The van der Waals surface area contributed by atoms with Crippen LogP contribution in [0.25, 0.3) is 0 Å². The van der Waals surface area contributed by atoms with E-state index in [2.05, 4.69) is 36.6 Å². The summed E-state index contributed by atoms with van der Waals surface area (Å²) in [6.45, 7) is 2.76. The SMILES string of the molecule is CCOc1ccc(C(NC)C2C3CCCCC32)cc1. The molecule has 0 heterocycles. The van der Waals surface area contributed by atoms with Gasteiger partial charge in [0.05, 0.1) is 6.61 Å². The molecule has 2 saturated carbocycles. The van der Waals surface area contributed by atoms with Gasteiger partial charge in [0.25, 0.3) is 0 Å². The molecule has 1 aromatic rings. The number of nitrogens with one attached hydrogen (secondary N) is 1. The molecule has 2 fully saturated rings. The van der Waals surface area contributed by atoms with Gasteiger partial charge in [0.2, 0.25) is 0 Å². The van der Waals surface area contributed by atoms with E-state index in [0.717, 1.165) is 30.1 Å². The van der Waals surface area contributed by atoms with Crippen LogP contribution in [0, 0.1) is 17.8 Å². The zero-order chi connectivity index (χ0) is 13.2. The Morgan fingerprint density at radius 3 is 2.32 bits per heavy atom. The lowest BCUT2D eigenvalue weighted by molar-refractivity contribution is 0.340. The van der Waals surface area contributed by atoms with Crippen LogP contribution in [0.15, 0.2) is 24.3 Å². The van der Waals surface area contributed by atoms with E-state index in [1.165, 1.54) is 31.2 Å². The zero-order valence-corrected chi connectivity index (χ0v) is 12.1. The van der Waals surface area contributed by atoms with E-state index in [1.807, 2.05) is 6.92 Å². The molecule has 2 aliphatic rings. The number of fused-ring (bicyclic) bond motifs is 1. The van der Waals surface area contributed by atoms with Crippen molar-refractivity contribution in [2.75, 3.05) is 13.7 Å². The van der Waals surface area contributed by atoms with E-state index >= 15 is 0 Å². The Bertz CT molecular complexity index is 402. The summed E-state index contributed by atoms with van der Waals surface area (Å²) in [6.07, 6.45) is 5.78. The lowest BCUT2D eigenvalue weighted by Gasteiger charge is -2.17. The predicted molar refractivity (Wildman–Crippen MR) is 78.3 cm³/mol. The average molecular weight is 259 g/mol. The molecular weight excluding hydrogens is 234 g/mol. The summed E-state index contributed by atoms with van der Waals surface area (Å²) in [5, 5.41) is 3.55. The summed E-state index contributed by atoms with van der Waals surface area (Å²) in [5.41, 5.74) is 1.42. The van der Waals surface area contributed by atoms with Gasteiger partial charge in [-0.2, -0.15) is 0 Å². The van der Waals surface area contributed by atoms with Gasteiger partial charge in [-0.25, -0.2) is 0 Å². The molecule has 19 heavy (non-hydrogen) atoms. The van der Waals surface area contributed by atoms with Gasteiger partial charge >= 0.3 is 0 Å². The van der Waals surface area contributed by atoms with E-state index in [9.17, 15) is 0 Å². The maximum atomic E-state index is 5.52. The maximum absolute atomic E-state index is 5.52. The second kappa shape index (κ2) is 5.54. The molecule has 3 atom stereocenters. The number of rotatable bonds is 5. The van der Waals surface area contributed by atoms with Crippen LogP contribution in [-0.4, -0.2) is 13.7 Å². The van der Waals surface area contributed by atoms with Gasteiger partial charge < -0.3 is 10.1 Å². The monoisotopic (exact) mass is 259 g/mol. The van der Waals surface area contributed by atoms with Crippen LogP contribution in [0.3, 0.4) is 0 Å². The first-order valence-electron chi connectivity index (χ1n) is 7.75. The summed E-state index contributed by atoms with van der Waals surface area (Å²) in [5.74, 6) is 3.82. The van der Waals surface area contributed by atoms with Crippen LogP contribution in [-0.2, 0) is 0 Å². The lowest BCUT2D eigenvalue weighted by atomic mass is 10.00. The number of hydrogen-bond donors (Lipinski definition) is 1. The van der Waals surface area contributed by atoms with Crippen molar-refractivity contribution in [3.05, 3.63) is 29.8 Å². The minimum atomic E-state index is 0.531. The predicted octanol–water partition coefficient (Wildman–Crippen LogP) is 3.78. The average Bonchev–Trinajstić information content (AvgIpc) is 3.17. The quantitative estimate of drug-likeness (QED) is 0.869. The zero-order valence-electron chi connectivity index (χ0n) is 12.1. The first-order chi connectivity index (χ1) is 9.35. The third-order valence-electron chi connectivity index (χ3n) is 4.97. The molecule has 0 saturated heterocycles. The molecule has 0 spiro atoms. The second-order valence-corrected chi connectivity index (χ2v) is 5.96. The first-order valence-corrected chi connectivity index (χ1v) is 7.75. The third-order valence-corrected chi connectivity index (χ3v) is 4.97. The number of ether oxygens (including phenoxy) is 1. The van der Waals surface area contributed by atoms with Crippen molar-refractivity contribution < 1.29 is 4.74 Å². The maximum Gasteiger partial charge on any atom is 0.119 e. The topological polar surface area (TPSA) is 21.3 Å². The van der Waals surface area contributed by atoms with Crippen LogP contribution in [0.1, 0.15) is 44.2 Å². The van der Waals surface area contributed by atoms with Crippen molar-refractivity contribution in [1.29, 1.82) is 0 Å². The minimum absolute atomic E-state index is 0.531. The molecule has 0 aliphatic heterocycles. The van der Waals surface area contributed by atoms with Crippen LogP contribution < -0.4 is 10.1 Å². The molecule has 104 valence electrons. The second-order valence-electron chi connectivity index (χ2n) is 5.96. The largest absolute Gasteiger partial charge is 0.494 e. The molecule has 0 aromatic heterocycles. The Hall–Kier alpha value is -1.02. The normalized spacial score (nSPS) is 30.5. The molecular formula is C17H25NO. The molecule has 0 bridgehead atoms. The van der Waals surface area contributed by atoms with Gasteiger partial charge in [0.1, 0.15) is 5.75 Å². The van der Waals surface area contributed by atoms with Gasteiger partial charge in [-0.3, -0.25) is 0 Å². The third kappa shape index (κ3) is 2.51. The first kappa shape index (κ1) is 13.0. The Morgan fingerprint density at radius 1 is 1.16 bits per heavy atom. The molecule has 2 nitrogen and oxygen atoms in total. The highest BCUT2D eigenvalue weighted by Crippen LogP contribution is 2.60. The van der Waals surface area contributed by atoms with Gasteiger partial charge in [-0.1, -0.05) is 25.0 Å². The summed E-state index contributed by atoms with van der Waals surface area (Å²) in [4.78, 5) is 0. The smallest absolute Gasteiger partial charge is 0.119 e. The lowest BCUT2D eigenvalue weighted by Crippen LogP contribution is -2.19. The molecule has 0 amide bonds. The molecule has 0 radical (unpaired) electrons. The van der Waals surface area contributed by atoms with Crippen molar-refractivity contribution in [2.45, 2.75) is 38.6 Å². The number of benzene rings is 1. The summed E-state index contributed by atoms with van der Waals surface area (Å²) < 4.78 is 5.52. The molecule has 3 unspecified atom stereocenters.